The topological polar surface area (TPSA) is 23.6 Å². The van der Waals surface area contributed by atoms with Crippen molar-refractivity contribution in [2.75, 3.05) is 13.1 Å². The molecule has 0 aromatic carbocycles. The molecule has 2 aliphatic rings. The number of hydrogen-bond donors (Lipinski definition) is 0. The van der Waals surface area contributed by atoms with Crippen molar-refractivity contribution in [2.45, 2.75) is 18.5 Å². The first-order valence-electron chi connectivity index (χ1n) is 5.07. The van der Waals surface area contributed by atoms with Gasteiger partial charge in [-0.2, -0.15) is 0 Å². The predicted octanol–water partition coefficient (Wildman–Crippen LogP) is 0.320. The molecule has 0 aliphatic carbocycles. The molecule has 0 saturated carbocycles. The number of hydrogen-bond acceptors (Lipinski definition) is 2. The van der Waals surface area contributed by atoms with E-state index in [-0.39, 0.29) is 0 Å². The van der Waals surface area contributed by atoms with E-state index >= 15 is 0 Å². The maximum absolute atomic E-state index is 10.7. The molecule has 0 unspecified atom stereocenters. The first-order valence-corrected chi connectivity index (χ1v) is 6.53. The zero-order valence-electron chi connectivity index (χ0n) is 8.50. The third-order valence-corrected chi connectivity index (χ3v) is 4.41. The van der Waals surface area contributed by atoms with Gasteiger partial charge in [-0.15, -0.1) is 0 Å². The SMILES string of the molecule is C=C/C=C\[C](=[W])N1C[C@H]2C[C@@H]1CN2C=O. The van der Waals surface area contributed by atoms with Gasteiger partial charge in [0.25, 0.3) is 0 Å². The van der Waals surface area contributed by atoms with Gasteiger partial charge in [-0.1, -0.05) is 0 Å². The van der Waals surface area contributed by atoms with E-state index in [9.17, 15) is 4.79 Å². The zero-order chi connectivity index (χ0) is 10.8. The van der Waals surface area contributed by atoms with Crippen LogP contribution in [0, 0.1) is 0 Å². The average Bonchev–Trinajstić information content (AvgIpc) is 2.84. The number of carbonyl (C=O) groups is 1. The number of nitrogens with zero attached hydrogens (tertiary/aromatic N) is 2. The van der Waals surface area contributed by atoms with E-state index in [1.165, 1.54) is 23.4 Å². The normalized spacial score (nSPS) is 30.0. The number of carbonyl (C=O) groups excluding carboxylic acids is 1. The summed E-state index contributed by atoms with van der Waals surface area (Å²) < 4.78 is 1.35. The van der Waals surface area contributed by atoms with Crippen LogP contribution in [0.4, 0.5) is 0 Å². The van der Waals surface area contributed by atoms with Crippen LogP contribution in [0.1, 0.15) is 6.42 Å². The van der Waals surface area contributed by atoms with Crippen LogP contribution < -0.4 is 0 Å². The Morgan fingerprint density at radius 1 is 1.40 bits per heavy atom. The third kappa shape index (κ3) is 2.04. The summed E-state index contributed by atoms with van der Waals surface area (Å²) in [5, 5.41) is 0. The Labute approximate surface area is 101 Å². The van der Waals surface area contributed by atoms with Crippen molar-refractivity contribution >= 4 is 10.4 Å². The molecule has 0 aromatic heterocycles. The molecule has 0 aromatic rings. The molecule has 2 heterocycles. The van der Waals surface area contributed by atoms with E-state index in [0.717, 1.165) is 25.9 Å². The fraction of sp³-hybridized carbons (Fsp3) is 0.455. The average molecular weight is 374 g/mol. The zero-order valence-corrected chi connectivity index (χ0v) is 11.4. The Morgan fingerprint density at radius 3 is 2.73 bits per heavy atom. The van der Waals surface area contributed by atoms with Crippen molar-refractivity contribution in [1.29, 1.82) is 0 Å². The monoisotopic (exact) mass is 374 g/mol. The Bertz CT molecular complexity index is 327. The van der Waals surface area contributed by atoms with E-state index in [1.807, 2.05) is 11.0 Å². The molecule has 0 N–H and O–H groups in total. The van der Waals surface area contributed by atoms with E-state index in [1.54, 1.807) is 6.08 Å². The number of piperazine rings is 1. The van der Waals surface area contributed by atoms with Gasteiger partial charge in [0.1, 0.15) is 0 Å². The molecule has 2 atom stereocenters. The van der Waals surface area contributed by atoms with Gasteiger partial charge in [-0.25, -0.2) is 0 Å². The third-order valence-electron chi connectivity index (χ3n) is 3.08. The van der Waals surface area contributed by atoms with Crippen LogP contribution in [0.25, 0.3) is 0 Å². The second kappa shape index (κ2) is 4.54. The van der Waals surface area contributed by atoms with E-state index in [2.05, 4.69) is 17.6 Å². The van der Waals surface area contributed by atoms with Gasteiger partial charge in [-0.3, -0.25) is 0 Å². The van der Waals surface area contributed by atoms with E-state index in [0.29, 0.717) is 12.1 Å². The van der Waals surface area contributed by atoms with Crippen molar-refractivity contribution in [3.63, 3.8) is 0 Å². The van der Waals surface area contributed by atoms with Crippen LogP contribution >= 0.6 is 0 Å². The van der Waals surface area contributed by atoms with Gasteiger partial charge in [0.15, 0.2) is 0 Å². The molecule has 2 fully saturated rings. The molecule has 2 aliphatic heterocycles. The number of allylic oxidation sites excluding steroid dienone is 2. The Morgan fingerprint density at radius 2 is 2.20 bits per heavy atom. The van der Waals surface area contributed by atoms with Crippen molar-refractivity contribution in [3.05, 3.63) is 24.8 Å². The van der Waals surface area contributed by atoms with Crippen LogP contribution in [0.3, 0.4) is 0 Å². The van der Waals surface area contributed by atoms with Crippen LogP contribution in [0.5, 0.6) is 0 Å². The van der Waals surface area contributed by atoms with Gasteiger partial charge >= 0.3 is 101 Å². The molecule has 1 amide bonds. The first kappa shape index (κ1) is 11.0. The summed E-state index contributed by atoms with van der Waals surface area (Å²) in [6, 6.07) is 0.987. The molecule has 15 heavy (non-hydrogen) atoms. The Hall–Kier alpha value is -0.532. The van der Waals surface area contributed by atoms with E-state index in [4.69, 9.17) is 0 Å². The molecular weight excluding hydrogens is 360 g/mol. The quantitative estimate of drug-likeness (QED) is 0.523. The van der Waals surface area contributed by atoms with E-state index < -0.39 is 0 Å². The Balaban J connectivity index is 1.99. The summed E-state index contributed by atoms with van der Waals surface area (Å²) in [5.41, 5.74) is 0. The number of fused-ring (bicyclic) bond motifs is 2. The fourth-order valence-electron chi connectivity index (χ4n) is 2.34. The van der Waals surface area contributed by atoms with Crippen LogP contribution in [0.2, 0.25) is 0 Å². The second-order valence-electron chi connectivity index (χ2n) is 3.93. The van der Waals surface area contributed by atoms with Crippen LogP contribution in [-0.2, 0) is 24.1 Å². The summed E-state index contributed by atoms with van der Waals surface area (Å²) in [6.45, 7) is 5.57. The van der Waals surface area contributed by atoms with Crippen molar-refractivity contribution in [2.24, 2.45) is 0 Å². The summed E-state index contributed by atoms with van der Waals surface area (Å²) in [5.74, 6) is 0. The van der Waals surface area contributed by atoms with Gasteiger partial charge in [0, 0.05) is 0 Å². The molecule has 2 rings (SSSR count). The summed E-state index contributed by atoms with van der Waals surface area (Å²) in [4.78, 5) is 15.1. The first-order chi connectivity index (χ1) is 7.26. The summed E-state index contributed by atoms with van der Waals surface area (Å²) in [6.07, 6.45) is 8.02. The molecule has 80 valence electrons. The minimum absolute atomic E-state index is 0.444. The molecule has 3 nitrogen and oxygen atoms in total. The minimum atomic E-state index is 0.444. The van der Waals surface area contributed by atoms with Gasteiger partial charge in [-0.05, 0) is 0 Å². The molecular formula is C11H14N2OW. The number of rotatable bonds is 4. The van der Waals surface area contributed by atoms with Crippen LogP contribution in [-0.4, -0.2) is 45.4 Å². The number of likely N-dealkylation sites (tertiary alicyclic amines) is 2. The molecule has 4 heteroatoms. The van der Waals surface area contributed by atoms with Crippen molar-refractivity contribution in [3.8, 4) is 0 Å². The fourth-order valence-corrected chi connectivity index (χ4v) is 3.43. The van der Waals surface area contributed by atoms with Crippen molar-refractivity contribution < 1.29 is 24.1 Å². The maximum atomic E-state index is 10.7. The van der Waals surface area contributed by atoms with Gasteiger partial charge < -0.3 is 0 Å². The summed E-state index contributed by atoms with van der Waals surface area (Å²) in [7, 11) is 0. The molecule has 0 spiro atoms. The van der Waals surface area contributed by atoms with Gasteiger partial charge in [0.05, 0.1) is 0 Å². The van der Waals surface area contributed by atoms with Crippen molar-refractivity contribution in [1.82, 2.24) is 9.80 Å². The molecule has 0 radical (unpaired) electrons. The van der Waals surface area contributed by atoms with Crippen LogP contribution in [0.15, 0.2) is 24.8 Å². The molecule has 2 saturated heterocycles. The number of amides is 1. The predicted molar refractivity (Wildman–Crippen MR) is 56.0 cm³/mol. The Kier molecular flexibility index (Phi) is 3.32. The summed E-state index contributed by atoms with van der Waals surface area (Å²) >= 11 is 1.48. The second-order valence-corrected chi connectivity index (χ2v) is 5.43. The van der Waals surface area contributed by atoms with Gasteiger partial charge in [0.2, 0.25) is 0 Å². The molecule has 2 bridgehead atoms. The standard InChI is InChI=1S/C11H14N2O.W/c1-2-3-4-5-12-7-11-6-10(12)8-13(11)9-14;/h2-4,9-11H,1,6-8H2;/b4-3-;/t10-,11-;/m1./s1.